The molecule has 34 heavy (non-hydrogen) atoms. The Morgan fingerprint density at radius 1 is 1.15 bits per heavy atom. The van der Waals surface area contributed by atoms with Crippen LogP contribution in [0.2, 0.25) is 0 Å². The van der Waals surface area contributed by atoms with Crippen molar-refractivity contribution in [2.24, 2.45) is 5.92 Å². The first-order chi connectivity index (χ1) is 16.6. The molecule has 1 heterocycles. The topological polar surface area (TPSA) is 99.1 Å². The van der Waals surface area contributed by atoms with E-state index in [1.54, 1.807) is 6.08 Å². The summed E-state index contributed by atoms with van der Waals surface area (Å²) in [6.07, 6.45) is 8.18. The number of unbranched alkanes of at least 4 members (excludes halogenated alkanes) is 3. The van der Waals surface area contributed by atoms with Gasteiger partial charge in [0.1, 0.15) is 18.0 Å². The zero-order valence-electron chi connectivity index (χ0n) is 20.1. The van der Waals surface area contributed by atoms with Crippen molar-refractivity contribution in [3.8, 4) is 5.75 Å². The predicted molar refractivity (Wildman–Crippen MR) is 129 cm³/mol. The van der Waals surface area contributed by atoms with Crippen molar-refractivity contribution in [1.82, 2.24) is 10.2 Å². The zero-order chi connectivity index (χ0) is 24.1. The molecular weight excluding hydrogens is 432 g/mol. The van der Waals surface area contributed by atoms with Crippen molar-refractivity contribution in [2.75, 3.05) is 19.7 Å². The number of benzene rings is 1. The van der Waals surface area contributed by atoms with Gasteiger partial charge in [-0.2, -0.15) is 0 Å². The summed E-state index contributed by atoms with van der Waals surface area (Å²) in [5, 5.41) is 23.5. The number of nitrogens with zero attached hydrogens (tertiary/aromatic N) is 1. The van der Waals surface area contributed by atoms with Gasteiger partial charge in [-0.3, -0.25) is 9.59 Å². The van der Waals surface area contributed by atoms with E-state index in [0.29, 0.717) is 17.9 Å². The van der Waals surface area contributed by atoms with E-state index in [-0.39, 0.29) is 30.9 Å². The van der Waals surface area contributed by atoms with Crippen molar-refractivity contribution in [3.05, 3.63) is 41.5 Å². The van der Waals surface area contributed by atoms with E-state index in [1.165, 1.54) is 0 Å². The lowest BCUT2D eigenvalue weighted by Gasteiger charge is -2.41. The number of amides is 2. The second-order valence-corrected chi connectivity index (χ2v) is 9.75. The monoisotopic (exact) mass is 470 g/mol. The molecular formula is C27H38N2O5. The van der Waals surface area contributed by atoms with Crippen molar-refractivity contribution in [3.63, 3.8) is 0 Å². The van der Waals surface area contributed by atoms with Gasteiger partial charge in [0.05, 0.1) is 18.6 Å². The molecule has 0 radical (unpaired) electrons. The highest BCUT2D eigenvalue weighted by atomic mass is 16.5. The molecule has 4 rings (SSSR count). The van der Waals surface area contributed by atoms with Gasteiger partial charge < -0.3 is 25.2 Å². The molecule has 7 nitrogen and oxygen atoms in total. The van der Waals surface area contributed by atoms with E-state index in [9.17, 15) is 19.8 Å². The van der Waals surface area contributed by atoms with Crippen molar-refractivity contribution in [1.29, 1.82) is 0 Å². The lowest BCUT2D eigenvalue weighted by atomic mass is 9.77. The number of ether oxygens (including phenoxy) is 1. The third-order valence-electron chi connectivity index (χ3n) is 7.48. The van der Waals surface area contributed by atoms with Crippen molar-refractivity contribution < 1.29 is 24.5 Å². The maximum atomic E-state index is 13.6. The van der Waals surface area contributed by atoms with Gasteiger partial charge in [-0.25, -0.2) is 0 Å². The summed E-state index contributed by atoms with van der Waals surface area (Å²) in [5.41, 5.74) is 1.36. The standard InChI is InChI=1S/C27H38N2O5/c1-2-3-4-9-15-29(27(33)18-10-5-6-11-18)21-17-20(26(32)28-14-16-30)23-19-12-7-8-13-22(19)34-25(23)24(21)31/h7-8,12-13,17-18,21,23-25,30-31H,2-6,9-11,14-16H2,1H3,(H,28,32). The fraction of sp³-hybridized carbons (Fsp3) is 0.630. The summed E-state index contributed by atoms with van der Waals surface area (Å²) in [6, 6.07) is 6.92. The first-order valence-corrected chi connectivity index (χ1v) is 12.9. The maximum Gasteiger partial charge on any atom is 0.247 e. The molecule has 3 N–H and O–H groups in total. The Labute approximate surface area is 202 Å². The summed E-state index contributed by atoms with van der Waals surface area (Å²) < 4.78 is 6.18. The number of aliphatic hydroxyl groups excluding tert-OH is 2. The number of carbonyl (C=O) groups excluding carboxylic acids is 2. The lowest BCUT2D eigenvalue weighted by molar-refractivity contribution is -0.141. The van der Waals surface area contributed by atoms with Crippen LogP contribution in [0.4, 0.5) is 0 Å². The van der Waals surface area contributed by atoms with E-state index in [4.69, 9.17) is 4.74 Å². The van der Waals surface area contributed by atoms with Gasteiger partial charge in [-0.15, -0.1) is 0 Å². The number of para-hydroxylation sites is 1. The van der Waals surface area contributed by atoms with Gasteiger partial charge in [0.15, 0.2) is 0 Å². The molecule has 0 spiro atoms. The maximum absolute atomic E-state index is 13.6. The fourth-order valence-electron chi connectivity index (χ4n) is 5.71. The summed E-state index contributed by atoms with van der Waals surface area (Å²) in [6.45, 7) is 2.70. The van der Waals surface area contributed by atoms with Crippen LogP contribution < -0.4 is 10.1 Å². The zero-order valence-corrected chi connectivity index (χ0v) is 20.1. The minimum Gasteiger partial charge on any atom is -0.486 e. The first-order valence-electron chi connectivity index (χ1n) is 12.9. The molecule has 4 atom stereocenters. The molecule has 0 saturated heterocycles. The molecule has 1 saturated carbocycles. The number of hydrogen-bond donors (Lipinski definition) is 3. The van der Waals surface area contributed by atoms with Crippen LogP contribution in [0.3, 0.4) is 0 Å². The van der Waals surface area contributed by atoms with Crippen LogP contribution in [0.25, 0.3) is 0 Å². The Bertz CT molecular complexity index is 895. The minimum atomic E-state index is -0.941. The minimum absolute atomic E-state index is 0.0159. The molecule has 4 unspecified atom stereocenters. The molecule has 0 aromatic heterocycles. The second kappa shape index (κ2) is 11.4. The molecule has 3 aliphatic rings. The highest BCUT2D eigenvalue weighted by Crippen LogP contribution is 2.47. The number of carbonyl (C=O) groups is 2. The molecule has 1 aromatic carbocycles. The van der Waals surface area contributed by atoms with Crippen LogP contribution in [0.1, 0.15) is 69.8 Å². The smallest absolute Gasteiger partial charge is 0.247 e. The fourth-order valence-corrected chi connectivity index (χ4v) is 5.71. The quantitative estimate of drug-likeness (QED) is 0.457. The Morgan fingerprint density at radius 2 is 1.91 bits per heavy atom. The van der Waals surface area contributed by atoms with Crippen LogP contribution in [-0.2, 0) is 9.59 Å². The van der Waals surface area contributed by atoms with Crippen LogP contribution >= 0.6 is 0 Å². The van der Waals surface area contributed by atoms with E-state index in [2.05, 4.69) is 12.2 Å². The van der Waals surface area contributed by atoms with Gasteiger partial charge in [-0.1, -0.05) is 57.2 Å². The van der Waals surface area contributed by atoms with Crippen molar-refractivity contribution in [2.45, 2.75) is 82.5 Å². The highest BCUT2D eigenvalue weighted by molar-refractivity contribution is 5.96. The highest BCUT2D eigenvalue weighted by Gasteiger charge is 2.50. The SMILES string of the molecule is CCCCCCN(C(=O)C1CCCC1)C1C=C(C(=O)NCCO)C2c3ccccc3OC2C1O. The van der Waals surface area contributed by atoms with E-state index >= 15 is 0 Å². The van der Waals surface area contributed by atoms with Gasteiger partial charge in [0, 0.05) is 30.1 Å². The van der Waals surface area contributed by atoms with E-state index < -0.39 is 24.2 Å². The molecule has 2 amide bonds. The number of nitrogens with one attached hydrogen (secondary N) is 1. The van der Waals surface area contributed by atoms with E-state index in [0.717, 1.165) is 56.9 Å². The number of hydrogen-bond acceptors (Lipinski definition) is 5. The average Bonchev–Trinajstić information content (AvgIpc) is 3.52. The van der Waals surface area contributed by atoms with Crippen LogP contribution in [0.15, 0.2) is 35.9 Å². The summed E-state index contributed by atoms with van der Waals surface area (Å²) >= 11 is 0. The first kappa shape index (κ1) is 24.7. The number of rotatable bonds is 10. The van der Waals surface area contributed by atoms with Gasteiger partial charge in [0.25, 0.3) is 0 Å². The van der Waals surface area contributed by atoms with Crippen LogP contribution in [-0.4, -0.2) is 64.9 Å². The van der Waals surface area contributed by atoms with Crippen molar-refractivity contribution >= 4 is 11.8 Å². The van der Waals surface area contributed by atoms with Gasteiger partial charge >= 0.3 is 0 Å². The third-order valence-corrected chi connectivity index (χ3v) is 7.48. The summed E-state index contributed by atoms with van der Waals surface area (Å²) in [5.74, 6) is 0.0241. The summed E-state index contributed by atoms with van der Waals surface area (Å²) in [4.78, 5) is 28.6. The molecule has 0 bridgehead atoms. The summed E-state index contributed by atoms with van der Waals surface area (Å²) in [7, 11) is 0. The predicted octanol–water partition coefficient (Wildman–Crippen LogP) is 2.91. The van der Waals surface area contributed by atoms with Gasteiger partial charge in [-0.05, 0) is 31.4 Å². The Hall–Kier alpha value is -2.38. The molecule has 2 aliphatic carbocycles. The molecule has 7 heteroatoms. The molecule has 1 aromatic rings. The average molecular weight is 471 g/mol. The molecule has 186 valence electrons. The second-order valence-electron chi connectivity index (χ2n) is 9.75. The van der Waals surface area contributed by atoms with Crippen LogP contribution in [0, 0.1) is 5.92 Å². The van der Waals surface area contributed by atoms with Crippen LogP contribution in [0.5, 0.6) is 5.75 Å². The normalized spacial score (nSPS) is 25.8. The van der Waals surface area contributed by atoms with Gasteiger partial charge in [0.2, 0.25) is 11.8 Å². The number of aliphatic hydroxyl groups is 2. The largest absolute Gasteiger partial charge is 0.486 e. The molecule has 1 fully saturated rings. The molecule has 1 aliphatic heterocycles. The Kier molecular flexibility index (Phi) is 8.27. The number of fused-ring (bicyclic) bond motifs is 3. The Balaban J connectivity index is 1.68. The lowest BCUT2D eigenvalue weighted by Crippen LogP contribution is -2.56. The Morgan fingerprint density at radius 3 is 2.65 bits per heavy atom. The third kappa shape index (κ3) is 5.01. The van der Waals surface area contributed by atoms with E-state index in [1.807, 2.05) is 29.2 Å².